The molecule has 0 spiro atoms. The highest BCUT2D eigenvalue weighted by molar-refractivity contribution is 7.19. The van der Waals surface area contributed by atoms with E-state index in [1.807, 2.05) is 11.3 Å². The SMILES string of the molecule is CCc1ccc(CC(N)c2cc3ccccc3s2)cc1. The summed E-state index contributed by atoms with van der Waals surface area (Å²) in [5, 5.41) is 1.30. The molecule has 0 amide bonds. The average Bonchev–Trinajstić information content (AvgIpc) is 2.92. The van der Waals surface area contributed by atoms with Crippen molar-refractivity contribution in [1.29, 1.82) is 0 Å². The Morgan fingerprint density at radius 3 is 2.40 bits per heavy atom. The van der Waals surface area contributed by atoms with E-state index in [0.29, 0.717) is 0 Å². The smallest absolute Gasteiger partial charge is 0.0431 e. The van der Waals surface area contributed by atoms with Crippen molar-refractivity contribution >= 4 is 21.4 Å². The van der Waals surface area contributed by atoms with Crippen LogP contribution >= 0.6 is 11.3 Å². The third-order valence-electron chi connectivity index (χ3n) is 3.70. The van der Waals surface area contributed by atoms with Crippen molar-refractivity contribution in [2.75, 3.05) is 0 Å². The molecule has 3 aromatic rings. The zero-order chi connectivity index (χ0) is 13.9. The minimum atomic E-state index is 0.0832. The molecule has 20 heavy (non-hydrogen) atoms. The third-order valence-corrected chi connectivity index (χ3v) is 4.94. The molecule has 1 aromatic heterocycles. The summed E-state index contributed by atoms with van der Waals surface area (Å²) in [6, 6.07) is 19.6. The lowest BCUT2D eigenvalue weighted by atomic mass is 10.0. The Bertz CT molecular complexity index is 664. The van der Waals surface area contributed by atoms with Gasteiger partial charge in [-0.05, 0) is 41.5 Å². The van der Waals surface area contributed by atoms with Gasteiger partial charge in [0, 0.05) is 15.6 Å². The van der Waals surface area contributed by atoms with Gasteiger partial charge < -0.3 is 5.73 Å². The second-order valence-electron chi connectivity index (χ2n) is 5.17. The molecule has 102 valence electrons. The Balaban J connectivity index is 1.79. The summed E-state index contributed by atoms with van der Waals surface area (Å²) < 4.78 is 1.32. The lowest BCUT2D eigenvalue weighted by molar-refractivity contribution is 0.736. The second kappa shape index (κ2) is 5.78. The summed E-state index contributed by atoms with van der Waals surface area (Å²) in [5.41, 5.74) is 9.06. The van der Waals surface area contributed by atoms with Crippen LogP contribution in [0, 0.1) is 0 Å². The molecule has 0 saturated carbocycles. The topological polar surface area (TPSA) is 26.0 Å². The van der Waals surface area contributed by atoms with Gasteiger partial charge in [0.25, 0.3) is 0 Å². The maximum atomic E-state index is 6.37. The summed E-state index contributed by atoms with van der Waals surface area (Å²) in [4.78, 5) is 1.27. The van der Waals surface area contributed by atoms with Crippen LogP contribution in [0.1, 0.15) is 29.0 Å². The number of aryl methyl sites for hydroxylation is 1. The lowest BCUT2D eigenvalue weighted by Crippen LogP contribution is -2.11. The van der Waals surface area contributed by atoms with Crippen molar-refractivity contribution < 1.29 is 0 Å². The van der Waals surface area contributed by atoms with Gasteiger partial charge in [0.05, 0.1) is 0 Å². The van der Waals surface area contributed by atoms with E-state index in [1.54, 1.807) is 0 Å². The first-order valence-electron chi connectivity index (χ1n) is 7.08. The van der Waals surface area contributed by atoms with E-state index in [4.69, 9.17) is 5.73 Å². The summed E-state index contributed by atoms with van der Waals surface area (Å²) in [6.07, 6.45) is 1.99. The number of hydrogen-bond acceptors (Lipinski definition) is 2. The van der Waals surface area contributed by atoms with Crippen LogP contribution in [0.3, 0.4) is 0 Å². The summed E-state index contributed by atoms with van der Waals surface area (Å²) >= 11 is 1.81. The zero-order valence-corrected chi connectivity index (χ0v) is 12.5. The number of nitrogens with two attached hydrogens (primary N) is 1. The van der Waals surface area contributed by atoms with Gasteiger partial charge in [-0.25, -0.2) is 0 Å². The molecule has 1 unspecified atom stereocenters. The maximum absolute atomic E-state index is 6.37. The van der Waals surface area contributed by atoms with Crippen molar-refractivity contribution in [3.05, 3.63) is 70.6 Å². The molecule has 0 aliphatic carbocycles. The zero-order valence-electron chi connectivity index (χ0n) is 11.7. The summed E-state index contributed by atoms with van der Waals surface area (Å²) in [5.74, 6) is 0. The van der Waals surface area contributed by atoms with Gasteiger partial charge in [0.15, 0.2) is 0 Å². The highest BCUT2D eigenvalue weighted by Crippen LogP contribution is 2.30. The molecule has 0 bridgehead atoms. The first kappa shape index (κ1) is 13.3. The summed E-state index contributed by atoms with van der Waals surface area (Å²) in [7, 11) is 0. The minimum absolute atomic E-state index is 0.0832. The van der Waals surface area contributed by atoms with Gasteiger partial charge in [-0.15, -0.1) is 11.3 Å². The van der Waals surface area contributed by atoms with E-state index < -0.39 is 0 Å². The first-order chi connectivity index (χ1) is 9.76. The van der Waals surface area contributed by atoms with Crippen LogP contribution < -0.4 is 5.73 Å². The fraction of sp³-hybridized carbons (Fsp3) is 0.222. The number of fused-ring (bicyclic) bond motifs is 1. The maximum Gasteiger partial charge on any atom is 0.0431 e. The largest absolute Gasteiger partial charge is 0.323 e. The molecule has 2 N–H and O–H groups in total. The van der Waals surface area contributed by atoms with E-state index in [9.17, 15) is 0 Å². The Hall–Kier alpha value is -1.64. The average molecular weight is 281 g/mol. The lowest BCUT2D eigenvalue weighted by Gasteiger charge is -2.10. The van der Waals surface area contributed by atoms with Gasteiger partial charge >= 0.3 is 0 Å². The second-order valence-corrected chi connectivity index (χ2v) is 6.28. The van der Waals surface area contributed by atoms with Gasteiger partial charge in [-0.1, -0.05) is 49.4 Å². The number of rotatable bonds is 4. The molecule has 0 aliphatic rings. The summed E-state index contributed by atoms with van der Waals surface area (Å²) in [6.45, 7) is 2.18. The first-order valence-corrected chi connectivity index (χ1v) is 7.90. The third kappa shape index (κ3) is 2.77. The molecule has 2 heteroatoms. The molecule has 0 radical (unpaired) electrons. The van der Waals surface area contributed by atoms with Gasteiger partial charge in [0.1, 0.15) is 0 Å². The predicted molar refractivity (Wildman–Crippen MR) is 88.3 cm³/mol. The van der Waals surface area contributed by atoms with Crippen LogP contribution in [-0.4, -0.2) is 0 Å². The Kier molecular flexibility index (Phi) is 3.86. The number of hydrogen-bond donors (Lipinski definition) is 1. The van der Waals surface area contributed by atoms with E-state index in [-0.39, 0.29) is 6.04 Å². The fourth-order valence-corrected chi connectivity index (χ4v) is 3.52. The van der Waals surface area contributed by atoms with E-state index in [0.717, 1.165) is 12.8 Å². The van der Waals surface area contributed by atoms with Gasteiger partial charge in [0.2, 0.25) is 0 Å². The van der Waals surface area contributed by atoms with Gasteiger partial charge in [-0.3, -0.25) is 0 Å². The molecule has 3 rings (SSSR count). The molecule has 0 fully saturated rings. The van der Waals surface area contributed by atoms with E-state index >= 15 is 0 Å². The highest BCUT2D eigenvalue weighted by atomic mass is 32.1. The molecule has 1 heterocycles. The van der Waals surface area contributed by atoms with Crippen molar-refractivity contribution in [3.63, 3.8) is 0 Å². The van der Waals surface area contributed by atoms with Crippen LogP contribution in [0.4, 0.5) is 0 Å². The molecule has 0 saturated heterocycles. The minimum Gasteiger partial charge on any atom is -0.323 e. The molecule has 1 atom stereocenters. The Morgan fingerprint density at radius 2 is 1.70 bits per heavy atom. The number of benzene rings is 2. The molecular weight excluding hydrogens is 262 g/mol. The molecule has 1 nitrogen and oxygen atoms in total. The standard InChI is InChI=1S/C18H19NS/c1-2-13-7-9-14(10-8-13)11-16(19)18-12-15-5-3-4-6-17(15)20-18/h3-10,12,16H,2,11,19H2,1H3. The van der Waals surface area contributed by atoms with Crippen molar-refractivity contribution in [2.45, 2.75) is 25.8 Å². The Morgan fingerprint density at radius 1 is 1.00 bits per heavy atom. The van der Waals surface area contributed by atoms with Crippen LogP contribution in [0.5, 0.6) is 0 Å². The monoisotopic (exact) mass is 281 g/mol. The molecule has 2 aromatic carbocycles. The van der Waals surface area contributed by atoms with Crippen LogP contribution in [0.2, 0.25) is 0 Å². The van der Waals surface area contributed by atoms with Crippen LogP contribution in [0.25, 0.3) is 10.1 Å². The van der Waals surface area contributed by atoms with Crippen LogP contribution in [-0.2, 0) is 12.8 Å². The van der Waals surface area contributed by atoms with Crippen LogP contribution in [0.15, 0.2) is 54.6 Å². The van der Waals surface area contributed by atoms with E-state index in [1.165, 1.54) is 26.1 Å². The Labute approximate surface area is 124 Å². The fourth-order valence-electron chi connectivity index (χ4n) is 2.45. The molecular formula is C18H19NS. The highest BCUT2D eigenvalue weighted by Gasteiger charge is 2.10. The van der Waals surface area contributed by atoms with Gasteiger partial charge in [-0.2, -0.15) is 0 Å². The van der Waals surface area contributed by atoms with Crippen molar-refractivity contribution in [2.24, 2.45) is 5.73 Å². The van der Waals surface area contributed by atoms with Crippen molar-refractivity contribution in [1.82, 2.24) is 0 Å². The predicted octanol–water partition coefficient (Wildman–Crippen LogP) is 4.71. The van der Waals surface area contributed by atoms with E-state index in [2.05, 4.69) is 61.5 Å². The number of thiophene rings is 1. The molecule has 0 aliphatic heterocycles. The van der Waals surface area contributed by atoms with Crippen molar-refractivity contribution in [3.8, 4) is 0 Å². The normalized spacial score (nSPS) is 12.7. The quantitative estimate of drug-likeness (QED) is 0.736.